The first-order chi connectivity index (χ1) is 10.3. The number of carbonyl (C=O) groups is 1. The van der Waals surface area contributed by atoms with Crippen LogP contribution >= 0.6 is 0 Å². The summed E-state index contributed by atoms with van der Waals surface area (Å²) < 4.78 is 50.1. The highest BCUT2D eigenvalue weighted by atomic mass is 19.4. The van der Waals surface area contributed by atoms with Crippen molar-refractivity contribution in [2.24, 2.45) is 7.05 Å². The normalized spacial score (nSPS) is 11.3. The third-order valence-electron chi connectivity index (χ3n) is 2.69. The summed E-state index contributed by atoms with van der Waals surface area (Å²) in [5, 5.41) is 3.86. The lowest BCUT2D eigenvalue weighted by atomic mass is 10.2. The maximum atomic E-state index is 12.9. The van der Waals surface area contributed by atoms with Crippen LogP contribution in [-0.2, 0) is 18.0 Å². The van der Waals surface area contributed by atoms with E-state index >= 15 is 0 Å². The second-order valence-corrected chi connectivity index (χ2v) is 4.34. The smallest absolute Gasteiger partial charge is 0.419 e. The molecule has 0 N–H and O–H groups in total. The Morgan fingerprint density at radius 3 is 2.64 bits per heavy atom. The third-order valence-corrected chi connectivity index (χ3v) is 2.69. The van der Waals surface area contributed by atoms with E-state index in [0.29, 0.717) is 0 Å². The van der Waals surface area contributed by atoms with E-state index in [-0.39, 0.29) is 18.1 Å². The van der Waals surface area contributed by atoms with E-state index in [1.165, 1.54) is 30.1 Å². The number of benzene rings is 1. The number of halogens is 3. The Bertz CT molecular complexity index is 680. The number of hydrogen-bond acceptors (Lipinski definition) is 4. The number of hydrogen-bond donors (Lipinski definition) is 0. The highest BCUT2D eigenvalue weighted by molar-refractivity contribution is 5.91. The summed E-state index contributed by atoms with van der Waals surface area (Å²) in [4.78, 5) is 11.8. The lowest BCUT2D eigenvalue weighted by Crippen LogP contribution is -2.08. The van der Waals surface area contributed by atoms with Gasteiger partial charge in [-0.2, -0.15) is 13.2 Å². The van der Waals surface area contributed by atoms with Crippen molar-refractivity contribution in [3.8, 4) is 11.6 Å². The molecule has 1 heterocycles. The van der Waals surface area contributed by atoms with Crippen LogP contribution in [0.1, 0.15) is 22.8 Å². The van der Waals surface area contributed by atoms with Gasteiger partial charge >= 0.3 is 12.1 Å². The molecule has 0 amide bonds. The lowest BCUT2D eigenvalue weighted by molar-refractivity contribution is -0.138. The van der Waals surface area contributed by atoms with Crippen LogP contribution in [-0.4, -0.2) is 22.4 Å². The fourth-order valence-corrected chi connectivity index (χ4v) is 1.79. The Hall–Kier alpha value is -2.51. The second kappa shape index (κ2) is 6.08. The van der Waals surface area contributed by atoms with Crippen molar-refractivity contribution in [2.75, 3.05) is 6.61 Å². The Labute approximate surface area is 124 Å². The zero-order valence-corrected chi connectivity index (χ0v) is 11.8. The quantitative estimate of drug-likeness (QED) is 0.812. The minimum Gasteiger partial charge on any atom is -0.462 e. The maximum absolute atomic E-state index is 12.9. The summed E-state index contributed by atoms with van der Waals surface area (Å²) in [5.41, 5.74) is -0.989. The van der Waals surface area contributed by atoms with Gasteiger partial charge in [-0.3, -0.25) is 4.68 Å². The van der Waals surface area contributed by atoms with Crippen molar-refractivity contribution in [3.63, 3.8) is 0 Å². The number of alkyl halides is 3. The number of aryl methyl sites for hydroxylation is 1. The summed E-state index contributed by atoms with van der Waals surface area (Å²) in [7, 11) is 1.52. The van der Waals surface area contributed by atoms with Crippen molar-refractivity contribution in [3.05, 3.63) is 41.6 Å². The van der Waals surface area contributed by atoms with E-state index in [2.05, 4.69) is 5.10 Å². The van der Waals surface area contributed by atoms with Crippen LogP contribution < -0.4 is 4.74 Å². The molecule has 0 aliphatic heterocycles. The number of rotatable bonds is 4. The topological polar surface area (TPSA) is 53.4 Å². The fourth-order valence-electron chi connectivity index (χ4n) is 1.79. The van der Waals surface area contributed by atoms with Crippen molar-refractivity contribution < 1.29 is 27.4 Å². The SMILES string of the molecule is CCOC(=O)c1cn(C)nc1Oc1ccccc1C(F)(F)F. The molecule has 1 aromatic carbocycles. The molecular weight excluding hydrogens is 301 g/mol. The molecule has 2 aromatic rings. The Morgan fingerprint density at radius 2 is 2.00 bits per heavy atom. The maximum Gasteiger partial charge on any atom is 0.419 e. The molecule has 8 heteroatoms. The van der Waals surface area contributed by atoms with Crippen LogP contribution in [0.3, 0.4) is 0 Å². The molecule has 118 valence electrons. The molecule has 0 saturated heterocycles. The van der Waals surface area contributed by atoms with Gasteiger partial charge in [-0.1, -0.05) is 12.1 Å². The molecule has 0 unspecified atom stereocenters. The number of para-hydroxylation sites is 1. The van der Waals surface area contributed by atoms with E-state index in [9.17, 15) is 18.0 Å². The number of aromatic nitrogens is 2. The van der Waals surface area contributed by atoms with Crippen molar-refractivity contribution in [1.82, 2.24) is 9.78 Å². The van der Waals surface area contributed by atoms with E-state index in [1.54, 1.807) is 6.92 Å². The molecule has 0 atom stereocenters. The Kier molecular flexibility index (Phi) is 4.39. The predicted molar refractivity (Wildman–Crippen MR) is 70.7 cm³/mol. The van der Waals surface area contributed by atoms with Gasteiger partial charge in [0.2, 0.25) is 0 Å². The van der Waals surface area contributed by atoms with Crippen molar-refractivity contribution in [2.45, 2.75) is 13.1 Å². The van der Waals surface area contributed by atoms with Gasteiger partial charge in [0.25, 0.3) is 5.88 Å². The standard InChI is InChI=1S/C14H13F3N2O3/c1-3-21-13(20)9-8-19(2)18-12(9)22-11-7-5-4-6-10(11)14(15,16)17/h4-8H,3H2,1-2H3. The Morgan fingerprint density at radius 1 is 1.32 bits per heavy atom. The lowest BCUT2D eigenvalue weighted by Gasteiger charge is -2.12. The molecule has 0 aliphatic carbocycles. The number of nitrogens with zero attached hydrogens (tertiary/aromatic N) is 2. The van der Waals surface area contributed by atoms with Crippen LogP contribution in [0.25, 0.3) is 0 Å². The molecule has 0 fully saturated rings. The van der Waals surface area contributed by atoms with E-state index < -0.39 is 23.5 Å². The second-order valence-electron chi connectivity index (χ2n) is 4.34. The summed E-state index contributed by atoms with van der Waals surface area (Å²) >= 11 is 0. The minimum atomic E-state index is -4.57. The van der Waals surface area contributed by atoms with Gasteiger partial charge in [0.15, 0.2) is 0 Å². The molecule has 0 aliphatic rings. The zero-order chi connectivity index (χ0) is 16.3. The zero-order valence-electron chi connectivity index (χ0n) is 11.8. The van der Waals surface area contributed by atoms with Gasteiger partial charge in [0.05, 0.1) is 12.2 Å². The van der Waals surface area contributed by atoms with Gasteiger partial charge in [-0.25, -0.2) is 4.79 Å². The van der Waals surface area contributed by atoms with Gasteiger partial charge in [0.1, 0.15) is 11.3 Å². The first kappa shape index (κ1) is 15.9. The highest BCUT2D eigenvalue weighted by Gasteiger charge is 2.34. The van der Waals surface area contributed by atoms with Gasteiger partial charge < -0.3 is 9.47 Å². The minimum absolute atomic E-state index is 0.0404. The molecule has 0 spiro atoms. The van der Waals surface area contributed by atoms with Crippen LogP contribution in [0.5, 0.6) is 11.6 Å². The number of carbonyl (C=O) groups excluding carboxylic acids is 1. The van der Waals surface area contributed by atoms with Gasteiger partial charge in [-0.05, 0) is 19.1 Å². The molecule has 1 aromatic heterocycles. The van der Waals surface area contributed by atoms with E-state index in [1.807, 2.05) is 0 Å². The number of ether oxygens (including phenoxy) is 2. The average Bonchev–Trinajstić information content (AvgIpc) is 2.79. The van der Waals surface area contributed by atoms with Crippen LogP contribution in [0.15, 0.2) is 30.5 Å². The summed E-state index contributed by atoms with van der Waals surface area (Å²) in [5.74, 6) is -1.38. The van der Waals surface area contributed by atoms with Crippen LogP contribution in [0, 0.1) is 0 Å². The van der Waals surface area contributed by atoms with Gasteiger partial charge in [0, 0.05) is 13.2 Å². The van der Waals surface area contributed by atoms with E-state index in [4.69, 9.17) is 9.47 Å². The number of esters is 1. The van der Waals surface area contributed by atoms with E-state index in [0.717, 1.165) is 12.1 Å². The first-order valence-corrected chi connectivity index (χ1v) is 6.37. The molecule has 5 nitrogen and oxygen atoms in total. The monoisotopic (exact) mass is 314 g/mol. The van der Waals surface area contributed by atoms with Crippen LogP contribution in [0.2, 0.25) is 0 Å². The first-order valence-electron chi connectivity index (χ1n) is 6.37. The predicted octanol–water partition coefficient (Wildman–Crippen LogP) is 3.41. The largest absolute Gasteiger partial charge is 0.462 e. The average molecular weight is 314 g/mol. The molecule has 0 radical (unpaired) electrons. The van der Waals surface area contributed by atoms with Gasteiger partial charge in [-0.15, -0.1) is 5.10 Å². The molecule has 0 bridgehead atoms. The highest BCUT2D eigenvalue weighted by Crippen LogP contribution is 2.38. The van der Waals surface area contributed by atoms with Crippen molar-refractivity contribution in [1.29, 1.82) is 0 Å². The summed E-state index contributed by atoms with van der Waals surface area (Å²) in [6.45, 7) is 1.75. The summed E-state index contributed by atoms with van der Waals surface area (Å²) in [6.07, 6.45) is -3.25. The molecule has 22 heavy (non-hydrogen) atoms. The molecular formula is C14H13F3N2O3. The fraction of sp³-hybridized carbons (Fsp3) is 0.286. The third kappa shape index (κ3) is 3.38. The summed E-state index contributed by atoms with van der Waals surface area (Å²) in [6, 6.07) is 4.70. The van der Waals surface area contributed by atoms with Crippen molar-refractivity contribution >= 4 is 5.97 Å². The van der Waals surface area contributed by atoms with Crippen LogP contribution in [0.4, 0.5) is 13.2 Å². The Balaban J connectivity index is 2.38. The molecule has 0 saturated carbocycles. The molecule has 2 rings (SSSR count).